The van der Waals surface area contributed by atoms with Crippen LogP contribution in [-0.2, 0) is 24.4 Å². The molecule has 0 bridgehead atoms. The van der Waals surface area contributed by atoms with Gasteiger partial charge >= 0.3 is 0 Å². The van der Waals surface area contributed by atoms with Crippen molar-refractivity contribution in [2.45, 2.75) is 39.6 Å². The number of hydrogen-bond acceptors (Lipinski definition) is 2. The number of ether oxygens (including phenoxy) is 1. The summed E-state index contributed by atoms with van der Waals surface area (Å²) in [4.78, 5) is 4.11. The molecule has 27 heavy (non-hydrogen) atoms. The number of nitrogens with one attached hydrogen (secondary N) is 2. The fourth-order valence-electron chi connectivity index (χ4n) is 2.36. The molecule has 0 radical (unpaired) electrons. The Labute approximate surface area is 176 Å². The lowest BCUT2D eigenvalue weighted by atomic mass is 10.1. The molecule has 2 rings (SSSR count). The minimum Gasteiger partial charge on any atom is -0.374 e. The van der Waals surface area contributed by atoms with Gasteiger partial charge in [0.25, 0.3) is 0 Å². The third kappa shape index (κ3) is 8.21. The topological polar surface area (TPSA) is 45.7 Å². The Morgan fingerprint density at radius 1 is 1.04 bits per heavy atom. The summed E-state index contributed by atoms with van der Waals surface area (Å²) in [6, 6.07) is 11.5. The first kappa shape index (κ1) is 23.3. The van der Waals surface area contributed by atoms with E-state index in [4.69, 9.17) is 4.74 Å². The van der Waals surface area contributed by atoms with Crippen molar-refractivity contribution in [1.82, 2.24) is 10.6 Å². The van der Waals surface area contributed by atoms with E-state index in [1.165, 1.54) is 6.07 Å². The molecule has 0 spiro atoms. The normalized spacial score (nSPS) is 11.3. The molecule has 7 heteroatoms. The molecule has 0 atom stereocenters. The molecular weight excluding hydrogens is 463 g/mol. The second kappa shape index (κ2) is 11.9. The van der Waals surface area contributed by atoms with Crippen molar-refractivity contribution in [2.24, 2.45) is 4.99 Å². The average Bonchev–Trinajstić information content (AvgIpc) is 2.63. The van der Waals surface area contributed by atoms with E-state index in [1.807, 2.05) is 32.0 Å². The van der Waals surface area contributed by atoms with Gasteiger partial charge in [0.1, 0.15) is 11.6 Å². The third-order valence-electron chi connectivity index (χ3n) is 3.71. The zero-order chi connectivity index (χ0) is 18.9. The van der Waals surface area contributed by atoms with Crippen LogP contribution >= 0.6 is 24.0 Å². The second-order valence-electron chi connectivity index (χ2n) is 6.19. The van der Waals surface area contributed by atoms with Crippen molar-refractivity contribution in [3.63, 3.8) is 0 Å². The van der Waals surface area contributed by atoms with E-state index >= 15 is 0 Å². The summed E-state index contributed by atoms with van der Waals surface area (Å²) >= 11 is 0. The average molecular weight is 489 g/mol. The summed E-state index contributed by atoms with van der Waals surface area (Å²) in [5.74, 6) is -0.406. The molecule has 2 aromatic carbocycles. The van der Waals surface area contributed by atoms with Crippen molar-refractivity contribution in [3.8, 4) is 0 Å². The highest BCUT2D eigenvalue weighted by Crippen LogP contribution is 2.10. The Morgan fingerprint density at radius 2 is 1.74 bits per heavy atom. The van der Waals surface area contributed by atoms with Crippen molar-refractivity contribution < 1.29 is 13.5 Å². The fourth-order valence-corrected chi connectivity index (χ4v) is 2.36. The van der Waals surface area contributed by atoms with Crippen molar-refractivity contribution in [1.29, 1.82) is 0 Å². The molecule has 0 unspecified atom stereocenters. The van der Waals surface area contributed by atoms with Crippen molar-refractivity contribution in [2.75, 3.05) is 7.05 Å². The summed E-state index contributed by atoms with van der Waals surface area (Å²) < 4.78 is 32.5. The van der Waals surface area contributed by atoms with E-state index in [0.29, 0.717) is 19.1 Å². The predicted octanol–water partition coefficient (Wildman–Crippen LogP) is 4.37. The predicted molar refractivity (Wildman–Crippen MR) is 115 cm³/mol. The van der Waals surface area contributed by atoms with Crippen LogP contribution in [0.5, 0.6) is 0 Å². The van der Waals surface area contributed by atoms with Crippen LogP contribution in [0.2, 0.25) is 0 Å². The summed E-state index contributed by atoms with van der Waals surface area (Å²) in [5, 5.41) is 6.15. The maximum atomic E-state index is 13.7. The molecule has 0 saturated carbocycles. The van der Waals surface area contributed by atoms with Crippen LogP contribution in [-0.4, -0.2) is 19.1 Å². The van der Waals surface area contributed by atoms with Crippen molar-refractivity contribution in [3.05, 3.63) is 70.8 Å². The summed E-state index contributed by atoms with van der Waals surface area (Å²) in [6.07, 6.45) is 0.183. The lowest BCUT2D eigenvalue weighted by molar-refractivity contribution is 0.0657. The van der Waals surface area contributed by atoms with Crippen LogP contribution in [0.4, 0.5) is 8.78 Å². The second-order valence-corrected chi connectivity index (χ2v) is 6.19. The number of benzene rings is 2. The standard InChI is InChI=1S/C20H25F2N3O.HI/c1-14(2)26-13-16-6-4-5-15(9-16)11-24-20(23-3)25-12-17-10-18(21)7-8-19(17)22;/h4-10,14H,11-13H2,1-3H3,(H2,23,24,25);1H. The zero-order valence-corrected chi connectivity index (χ0v) is 18.1. The minimum atomic E-state index is -0.466. The maximum absolute atomic E-state index is 13.7. The summed E-state index contributed by atoms with van der Waals surface area (Å²) in [5.41, 5.74) is 2.43. The molecule has 2 N–H and O–H groups in total. The highest BCUT2D eigenvalue weighted by molar-refractivity contribution is 14.0. The van der Waals surface area contributed by atoms with Crippen LogP contribution in [0.15, 0.2) is 47.5 Å². The number of halogens is 3. The van der Waals surface area contributed by atoms with Gasteiger partial charge in [0, 0.05) is 25.7 Å². The number of nitrogens with zero attached hydrogens (tertiary/aromatic N) is 1. The van der Waals surface area contributed by atoms with Crippen LogP contribution in [0.3, 0.4) is 0 Å². The first-order valence-electron chi connectivity index (χ1n) is 8.56. The van der Waals surface area contributed by atoms with E-state index in [1.54, 1.807) is 7.05 Å². The van der Waals surface area contributed by atoms with Gasteiger partial charge in [0.15, 0.2) is 5.96 Å². The third-order valence-corrected chi connectivity index (χ3v) is 3.71. The van der Waals surface area contributed by atoms with Gasteiger partial charge in [-0.05, 0) is 43.2 Å². The summed E-state index contributed by atoms with van der Waals surface area (Å²) in [7, 11) is 1.63. The molecule has 0 aliphatic carbocycles. The van der Waals surface area contributed by atoms with Crippen molar-refractivity contribution >= 4 is 29.9 Å². The number of hydrogen-bond donors (Lipinski definition) is 2. The Bertz CT molecular complexity index is 754. The fraction of sp³-hybridized carbons (Fsp3) is 0.350. The van der Waals surface area contributed by atoms with Gasteiger partial charge in [-0.2, -0.15) is 0 Å². The quantitative estimate of drug-likeness (QED) is 0.345. The van der Waals surface area contributed by atoms with Crippen LogP contribution in [0.25, 0.3) is 0 Å². The van der Waals surface area contributed by atoms with Gasteiger partial charge in [0.2, 0.25) is 0 Å². The largest absolute Gasteiger partial charge is 0.374 e. The van der Waals surface area contributed by atoms with E-state index < -0.39 is 11.6 Å². The minimum absolute atomic E-state index is 0. The van der Waals surface area contributed by atoms with Gasteiger partial charge in [-0.3, -0.25) is 4.99 Å². The number of aliphatic imine (C=N–C) groups is 1. The lowest BCUT2D eigenvalue weighted by Gasteiger charge is -2.13. The molecule has 0 heterocycles. The Hall–Kier alpha value is -1.74. The smallest absolute Gasteiger partial charge is 0.191 e. The monoisotopic (exact) mass is 489 g/mol. The molecule has 148 valence electrons. The summed E-state index contributed by atoms with van der Waals surface area (Å²) in [6.45, 7) is 5.27. The molecule has 0 fully saturated rings. The first-order valence-corrected chi connectivity index (χ1v) is 8.56. The first-order chi connectivity index (χ1) is 12.5. The maximum Gasteiger partial charge on any atom is 0.191 e. The molecule has 4 nitrogen and oxygen atoms in total. The molecule has 0 aromatic heterocycles. The van der Waals surface area contributed by atoms with E-state index in [0.717, 1.165) is 23.3 Å². The Morgan fingerprint density at radius 3 is 2.44 bits per heavy atom. The van der Waals surface area contributed by atoms with E-state index in [9.17, 15) is 8.78 Å². The molecule has 2 aromatic rings. The SMILES string of the molecule is CN=C(NCc1cccc(COC(C)C)c1)NCc1cc(F)ccc1F.I. The molecular formula is C20H26F2IN3O. The highest BCUT2D eigenvalue weighted by atomic mass is 127. The van der Waals surface area contributed by atoms with Gasteiger partial charge in [-0.15, -0.1) is 24.0 Å². The highest BCUT2D eigenvalue weighted by Gasteiger charge is 2.06. The zero-order valence-electron chi connectivity index (χ0n) is 15.8. The van der Waals surface area contributed by atoms with Gasteiger partial charge in [0.05, 0.1) is 12.7 Å². The Kier molecular flexibility index (Phi) is 10.2. The number of rotatable bonds is 7. The van der Waals surface area contributed by atoms with Crippen LogP contribution in [0, 0.1) is 11.6 Å². The van der Waals surface area contributed by atoms with Gasteiger partial charge in [-0.25, -0.2) is 8.78 Å². The molecule has 0 amide bonds. The molecule has 0 aliphatic rings. The van der Waals surface area contributed by atoms with Gasteiger partial charge in [-0.1, -0.05) is 24.3 Å². The van der Waals surface area contributed by atoms with Crippen LogP contribution in [0.1, 0.15) is 30.5 Å². The molecule has 0 aliphatic heterocycles. The Balaban J connectivity index is 0.00000364. The van der Waals surface area contributed by atoms with E-state index in [-0.39, 0.29) is 42.2 Å². The van der Waals surface area contributed by atoms with E-state index in [2.05, 4.69) is 21.7 Å². The van der Waals surface area contributed by atoms with Crippen LogP contribution < -0.4 is 10.6 Å². The number of guanidine groups is 1. The lowest BCUT2D eigenvalue weighted by Crippen LogP contribution is -2.36. The van der Waals surface area contributed by atoms with Gasteiger partial charge < -0.3 is 15.4 Å². The molecule has 0 saturated heterocycles.